The van der Waals surface area contributed by atoms with Crippen molar-refractivity contribution in [2.45, 2.75) is 38.1 Å². The molecule has 134 valence electrons. The lowest BCUT2D eigenvalue weighted by molar-refractivity contribution is -0.137. The van der Waals surface area contributed by atoms with Crippen molar-refractivity contribution in [3.63, 3.8) is 0 Å². The zero-order valence-corrected chi connectivity index (χ0v) is 16.2. The van der Waals surface area contributed by atoms with E-state index >= 15 is 0 Å². The molecule has 1 fully saturated rings. The van der Waals surface area contributed by atoms with Gasteiger partial charge in [-0.3, -0.25) is 4.79 Å². The van der Waals surface area contributed by atoms with Crippen molar-refractivity contribution >= 4 is 39.1 Å². The monoisotopic (exact) mass is 378 g/mol. The van der Waals surface area contributed by atoms with Gasteiger partial charge in [0, 0.05) is 29.9 Å². The number of nitrogens with zero attached hydrogens (tertiary/aromatic N) is 4. The van der Waals surface area contributed by atoms with Gasteiger partial charge in [0.25, 0.3) is 0 Å². The molecule has 1 aliphatic carbocycles. The van der Waals surface area contributed by atoms with E-state index < -0.39 is 0 Å². The molecule has 3 heterocycles. The Morgan fingerprint density at radius 3 is 2.76 bits per heavy atom. The van der Waals surface area contributed by atoms with Crippen LogP contribution in [-0.4, -0.2) is 58.9 Å². The van der Waals surface area contributed by atoms with Crippen molar-refractivity contribution in [1.82, 2.24) is 19.8 Å². The average molecular weight is 379 g/mol. The topological polar surface area (TPSA) is 49.3 Å². The van der Waals surface area contributed by atoms with E-state index in [2.05, 4.69) is 33.9 Å². The zero-order chi connectivity index (χ0) is 17.6. The maximum atomic E-state index is 13.0. The highest BCUT2D eigenvalue weighted by Gasteiger charge is 2.33. The largest absolute Gasteiger partial charge is 0.342 e. The molecule has 0 N–H and O–H groups in total. The molecule has 1 aliphatic heterocycles. The molecule has 2 aromatic rings. The highest BCUT2D eigenvalue weighted by Crippen LogP contribution is 2.40. The Morgan fingerprint density at radius 1 is 1.28 bits per heavy atom. The van der Waals surface area contributed by atoms with Gasteiger partial charge in [-0.25, -0.2) is 9.97 Å². The first-order chi connectivity index (χ1) is 12.0. The van der Waals surface area contributed by atoms with Crippen molar-refractivity contribution in [3.05, 3.63) is 21.9 Å². The highest BCUT2D eigenvalue weighted by atomic mass is 35.5. The summed E-state index contributed by atoms with van der Waals surface area (Å²) in [4.78, 5) is 28.0. The standard InChI is InChI=1S/C18H23ClN4OS/c1-22(2)12-5-7-23(8-6-12)18(24)11-3-4-13-14(9-11)25-17-15(13)16(19)20-10-21-17/h10-12H,3-9H2,1-2H3. The zero-order valence-electron chi connectivity index (χ0n) is 14.7. The molecular formula is C18H23ClN4OS. The van der Waals surface area contributed by atoms with Crippen LogP contribution in [0.3, 0.4) is 0 Å². The van der Waals surface area contributed by atoms with Crippen LogP contribution in [0.5, 0.6) is 0 Å². The quantitative estimate of drug-likeness (QED) is 0.754. The van der Waals surface area contributed by atoms with Gasteiger partial charge in [-0.05, 0) is 51.8 Å². The lowest BCUT2D eigenvalue weighted by Crippen LogP contribution is -2.47. The summed E-state index contributed by atoms with van der Waals surface area (Å²) in [5.41, 5.74) is 1.26. The summed E-state index contributed by atoms with van der Waals surface area (Å²) in [6.45, 7) is 1.77. The van der Waals surface area contributed by atoms with Crippen LogP contribution in [0.25, 0.3) is 10.2 Å². The molecule has 1 amide bonds. The normalized spacial score (nSPS) is 21.8. The predicted molar refractivity (Wildman–Crippen MR) is 101 cm³/mol. The second kappa shape index (κ2) is 6.82. The van der Waals surface area contributed by atoms with Crippen molar-refractivity contribution < 1.29 is 4.79 Å². The molecule has 0 bridgehead atoms. The van der Waals surface area contributed by atoms with E-state index in [1.54, 1.807) is 11.3 Å². The van der Waals surface area contributed by atoms with Gasteiger partial charge < -0.3 is 9.80 Å². The molecule has 2 aliphatic rings. The molecule has 0 aromatic carbocycles. The SMILES string of the molecule is CN(C)C1CCN(C(=O)C2CCc3c(sc4ncnc(Cl)c34)C2)CC1. The summed E-state index contributed by atoms with van der Waals surface area (Å²) in [6, 6.07) is 0.602. The van der Waals surface area contributed by atoms with E-state index in [1.165, 1.54) is 16.8 Å². The molecule has 1 unspecified atom stereocenters. The van der Waals surface area contributed by atoms with E-state index in [4.69, 9.17) is 11.6 Å². The molecule has 0 saturated carbocycles. The third-order valence-electron chi connectivity index (χ3n) is 5.65. The lowest BCUT2D eigenvalue weighted by atomic mass is 9.86. The van der Waals surface area contributed by atoms with Gasteiger partial charge in [-0.2, -0.15) is 0 Å². The smallest absolute Gasteiger partial charge is 0.226 e. The van der Waals surface area contributed by atoms with Crippen LogP contribution in [0.15, 0.2) is 6.33 Å². The van der Waals surface area contributed by atoms with Crippen LogP contribution in [0, 0.1) is 5.92 Å². The number of thiophene rings is 1. The van der Waals surface area contributed by atoms with Crippen LogP contribution in [0.2, 0.25) is 5.15 Å². The maximum Gasteiger partial charge on any atom is 0.226 e. The van der Waals surface area contributed by atoms with Crippen LogP contribution >= 0.6 is 22.9 Å². The molecule has 25 heavy (non-hydrogen) atoms. The number of aromatic nitrogens is 2. The minimum Gasteiger partial charge on any atom is -0.342 e. The van der Waals surface area contributed by atoms with Gasteiger partial charge in [0.15, 0.2) is 0 Å². The molecule has 4 rings (SSSR count). The number of hydrogen-bond acceptors (Lipinski definition) is 5. The first-order valence-electron chi connectivity index (χ1n) is 8.90. The number of carbonyl (C=O) groups is 1. The number of fused-ring (bicyclic) bond motifs is 3. The number of piperidine rings is 1. The van der Waals surface area contributed by atoms with Crippen LogP contribution < -0.4 is 0 Å². The van der Waals surface area contributed by atoms with Gasteiger partial charge in [0.05, 0.1) is 5.39 Å². The number of likely N-dealkylation sites (tertiary alicyclic amines) is 1. The molecular weight excluding hydrogens is 356 g/mol. The number of carbonyl (C=O) groups excluding carboxylic acids is 1. The Labute approximate surface area is 157 Å². The average Bonchev–Trinajstić information content (AvgIpc) is 3.00. The fourth-order valence-electron chi connectivity index (χ4n) is 4.14. The van der Waals surface area contributed by atoms with Crippen molar-refractivity contribution in [1.29, 1.82) is 0 Å². The van der Waals surface area contributed by atoms with Gasteiger partial charge in [-0.15, -0.1) is 11.3 Å². The third-order valence-corrected chi connectivity index (χ3v) is 7.10. The van der Waals surface area contributed by atoms with E-state index in [9.17, 15) is 4.79 Å². The Hall–Kier alpha value is -1.24. The summed E-state index contributed by atoms with van der Waals surface area (Å²) in [5.74, 6) is 0.431. The number of hydrogen-bond donors (Lipinski definition) is 0. The van der Waals surface area contributed by atoms with Crippen molar-refractivity contribution in [2.75, 3.05) is 27.2 Å². The van der Waals surface area contributed by atoms with Crippen molar-refractivity contribution in [2.24, 2.45) is 5.92 Å². The predicted octanol–water partition coefficient (Wildman–Crippen LogP) is 3.00. The molecule has 2 aromatic heterocycles. The summed E-state index contributed by atoms with van der Waals surface area (Å²) < 4.78 is 0. The Balaban J connectivity index is 1.48. The minimum absolute atomic E-state index is 0.100. The van der Waals surface area contributed by atoms with E-state index in [0.29, 0.717) is 17.1 Å². The molecule has 7 heteroatoms. The second-order valence-corrected chi connectivity index (χ2v) is 8.75. The van der Waals surface area contributed by atoms with Gasteiger partial charge in [0.1, 0.15) is 16.3 Å². The third kappa shape index (κ3) is 3.15. The molecule has 5 nitrogen and oxygen atoms in total. The molecule has 0 spiro atoms. The number of rotatable bonds is 2. The first kappa shape index (κ1) is 17.2. The van der Waals surface area contributed by atoms with Gasteiger partial charge in [0.2, 0.25) is 5.91 Å². The summed E-state index contributed by atoms with van der Waals surface area (Å²) in [7, 11) is 4.25. The minimum atomic E-state index is 0.100. The summed E-state index contributed by atoms with van der Waals surface area (Å²) in [5, 5.41) is 1.54. The highest BCUT2D eigenvalue weighted by molar-refractivity contribution is 7.19. The van der Waals surface area contributed by atoms with Crippen molar-refractivity contribution in [3.8, 4) is 0 Å². The van der Waals surface area contributed by atoms with Crippen LogP contribution in [0.1, 0.15) is 29.7 Å². The molecule has 1 atom stereocenters. The van der Waals surface area contributed by atoms with E-state index in [0.717, 1.165) is 55.4 Å². The lowest BCUT2D eigenvalue weighted by Gasteiger charge is -2.37. The first-order valence-corrected chi connectivity index (χ1v) is 10.1. The van der Waals surface area contributed by atoms with E-state index in [1.807, 2.05) is 0 Å². The second-order valence-electron chi connectivity index (χ2n) is 7.31. The Morgan fingerprint density at radius 2 is 2.04 bits per heavy atom. The molecule has 1 saturated heterocycles. The number of aryl methyl sites for hydroxylation is 1. The van der Waals surface area contributed by atoms with Gasteiger partial charge >= 0.3 is 0 Å². The summed E-state index contributed by atoms with van der Waals surface area (Å²) >= 11 is 7.94. The number of halogens is 1. The van der Waals surface area contributed by atoms with E-state index in [-0.39, 0.29) is 5.92 Å². The number of amides is 1. The van der Waals surface area contributed by atoms with Crippen LogP contribution in [-0.2, 0) is 17.6 Å². The van der Waals surface area contributed by atoms with Gasteiger partial charge in [-0.1, -0.05) is 11.6 Å². The fourth-order valence-corrected chi connectivity index (χ4v) is 5.71. The Bertz CT molecular complexity index is 798. The summed E-state index contributed by atoms with van der Waals surface area (Å²) in [6.07, 6.45) is 6.28. The maximum absolute atomic E-state index is 13.0. The molecule has 0 radical (unpaired) electrons. The fraction of sp³-hybridized carbons (Fsp3) is 0.611. The van der Waals surface area contributed by atoms with Crippen LogP contribution in [0.4, 0.5) is 0 Å². The Kier molecular flexibility index (Phi) is 4.69.